The number of benzene rings is 3. The van der Waals surface area contributed by atoms with Crippen molar-refractivity contribution < 1.29 is 18.7 Å². The summed E-state index contributed by atoms with van der Waals surface area (Å²) in [5.74, 6) is 0.819. The van der Waals surface area contributed by atoms with Crippen LogP contribution in [0.5, 0.6) is 5.75 Å². The topological polar surface area (TPSA) is 87.1 Å². The molecule has 0 saturated carbocycles. The summed E-state index contributed by atoms with van der Waals surface area (Å²) in [7, 11) is 0. The van der Waals surface area contributed by atoms with Gasteiger partial charge in [0.15, 0.2) is 0 Å². The maximum Gasteiger partial charge on any atom is 0.326 e. The summed E-state index contributed by atoms with van der Waals surface area (Å²) < 4.78 is 20.0. The van der Waals surface area contributed by atoms with Gasteiger partial charge in [0.25, 0.3) is 0 Å². The third-order valence-corrected chi connectivity index (χ3v) is 11.7. The van der Waals surface area contributed by atoms with E-state index in [2.05, 4.69) is 33.0 Å². The predicted molar refractivity (Wildman–Crippen MR) is 217 cm³/mol. The molecule has 8 nitrogen and oxygen atoms in total. The van der Waals surface area contributed by atoms with Crippen LogP contribution >= 0.6 is 23.2 Å². The van der Waals surface area contributed by atoms with Crippen LogP contribution in [-0.4, -0.2) is 52.3 Å². The summed E-state index contributed by atoms with van der Waals surface area (Å²) in [4.78, 5) is 42.4. The number of aromatic nitrogens is 1. The Labute approximate surface area is 334 Å². The number of hydrogen-bond acceptors (Lipinski definition) is 5. The maximum absolute atomic E-state index is 15.3. The lowest BCUT2D eigenvalue weighted by Gasteiger charge is -2.47. The number of amides is 3. The highest BCUT2D eigenvalue weighted by Crippen LogP contribution is 2.54. The summed E-state index contributed by atoms with van der Waals surface area (Å²) in [5, 5.41) is 4.16. The van der Waals surface area contributed by atoms with Crippen LogP contribution in [0.1, 0.15) is 94.3 Å². The minimum Gasteiger partial charge on any atom is -0.493 e. The molecule has 2 atom stereocenters. The third kappa shape index (κ3) is 8.10. The van der Waals surface area contributed by atoms with Crippen LogP contribution in [0, 0.1) is 18.7 Å². The number of urea groups is 1. The van der Waals surface area contributed by atoms with E-state index in [-0.39, 0.29) is 29.1 Å². The number of carbonyl (C=O) groups excluding carboxylic acids is 2. The predicted octanol–water partition coefficient (Wildman–Crippen LogP) is 9.96. The van der Waals surface area contributed by atoms with Gasteiger partial charge in [-0.2, -0.15) is 0 Å². The number of piperidine rings is 1. The molecule has 3 aromatic carbocycles. The van der Waals surface area contributed by atoms with Crippen LogP contribution in [0.2, 0.25) is 10.0 Å². The van der Waals surface area contributed by atoms with Crippen molar-refractivity contribution in [3.05, 3.63) is 128 Å². The molecule has 0 bridgehead atoms. The van der Waals surface area contributed by atoms with Crippen LogP contribution in [-0.2, 0) is 27.8 Å². The van der Waals surface area contributed by atoms with Gasteiger partial charge in [-0.15, -0.1) is 0 Å². The first-order chi connectivity index (χ1) is 26.0. The van der Waals surface area contributed by atoms with Crippen molar-refractivity contribution in [1.29, 1.82) is 0 Å². The van der Waals surface area contributed by atoms with Crippen LogP contribution in [0.25, 0.3) is 0 Å². The number of hydrogen-bond donors (Lipinski definition) is 1. The molecule has 0 radical (unpaired) electrons. The van der Waals surface area contributed by atoms with E-state index >= 15 is 4.79 Å². The molecule has 1 saturated heterocycles. The van der Waals surface area contributed by atoms with Crippen LogP contribution in [0.4, 0.5) is 9.18 Å². The van der Waals surface area contributed by atoms with Gasteiger partial charge in [0, 0.05) is 59.5 Å². The number of nitrogens with one attached hydrogen (secondary N) is 1. The number of halogens is 3. The highest BCUT2D eigenvalue weighted by molar-refractivity contribution is 6.30. The molecule has 11 heteroatoms. The SMILES string of the molecule is CCOc1cc(C(C)(C)C)ncc1C1=N[C@@](C)(c2ccc(Cl)cc2)[C@@](C)(c2ccc(Cl)cc2)N1C(=O)N1CCC(CC(=O)NCc2ccc(F)c(C)c2)CC1. The molecule has 55 heavy (non-hydrogen) atoms. The van der Waals surface area contributed by atoms with E-state index in [0.717, 1.165) is 22.4 Å². The zero-order valence-corrected chi connectivity index (χ0v) is 34.2. The maximum atomic E-state index is 15.3. The van der Waals surface area contributed by atoms with E-state index in [1.807, 2.05) is 78.2 Å². The molecule has 2 aliphatic rings. The Morgan fingerprint density at radius 1 is 0.945 bits per heavy atom. The minimum atomic E-state index is -1.06. The van der Waals surface area contributed by atoms with Gasteiger partial charge in [0.1, 0.15) is 28.5 Å². The van der Waals surface area contributed by atoms with Crippen molar-refractivity contribution in [2.45, 2.75) is 90.8 Å². The van der Waals surface area contributed by atoms with E-state index in [4.69, 9.17) is 37.9 Å². The Balaban J connectivity index is 1.35. The minimum absolute atomic E-state index is 0.0654. The molecule has 4 aromatic rings. The number of nitrogens with zero attached hydrogens (tertiary/aromatic N) is 4. The molecule has 1 fully saturated rings. The molecule has 0 unspecified atom stereocenters. The molecular weight excluding hydrogens is 736 g/mol. The molecule has 1 aromatic heterocycles. The summed E-state index contributed by atoms with van der Waals surface area (Å²) in [5.41, 5.74) is 2.29. The first-order valence-corrected chi connectivity index (χ1v) is 19.7. The smallest absolute Gasteiger partial charge is 0.326 e. The molecule has 3 amide bonds. The summed E-state index contributed by atoms with van der Waals surface area (Å²) >= 11 is 12.8. The summed E-state index contributed by atoms with van der Waals surface area (Å²) in [6.45, 7) is 15.7. The van der Waals surface area contributed by atoms with E-state index < -0.39 is 11.1 Å². The summed E-state index contributed by atoms with van der Waals surface area (Å²) in [6, 6.07) is 21.8. The first kappa shape index (κ1) is 40.2. The number of rotatable bonds is 9. The molecule has 290 valence electrons. The van der Waals surface area contributed by atoms with Gasteiger partial charge in [-0.25, -0.2) is 9.18 Å². The van der Waals surface area contributed by atoms with Crippen molar-refractivity contribution in [2.75, 3.05) is 19.7 Å². The lowest BCUT2D eigenvalue weighted by atomic mass is 9.71. The van der Waals surface area contributed by atoms with Crippen molar-refractivity contribution in [3.63, 3.8) is 0 Å². The molecule has 2 aliphatic heterocycles. The third-order valence-electron chi connectivity index (χ3n) is 11.2. The van der Waals surface area contributed by atoms with Gasteiger partial charge < -0.3 is 15.0 Å². The molecule has 1 N–H and O–H groups in total. The van der Waals surface area contributed by atoms with Crippen molar-refractivity contribution in [2.24, 2.45) is 10.9 Å². The Hall–Kier alpha value is -4.47. The van der Waals surface area contributed by atoms with E-state index in [1.165, 1.54) is 6.07 Å². The van der Waals surface area contributed by atoms with Gasteiger partial charge in [-0.1, -0.05) is 80.4 Å². The monoisotopic (exact) mass is 785 g/mol. The normalized spacial score (nSPS) is 20.4. The van der Waals surface area contributed by atoms with Gasteiger partial charge in [-0.05, 0) is 99.0 Å². The second-order valence-electron chi connectivity index (χ2n) is 16.0. The lowest BCUT2D eigenvalue weighted by Crippen LogP contribution is -2.59. The zero-order chi connectivity index (χ0) is 39.7. The first-order valence-electron chi connectivity index (χ1n) is 18.9. The lowest BCUT2D eigenvalue weighted by molar-refractivity contribution is -0.122. The Morgan fingerprint density at radius 3 is 2.15 bits per heavy atom. The summed E-state index contributed by atoms with van der Waals surface area (Å²) in [6.07, 6.45) is 3.44. The Bertz CT molecular complexity index is 2080. The second-order valence-corrected chi connectivity index (χ2v) is 16.8. The number of aliphatic imine (C=N–C) groups is 1. The van der Waals surface area contributed by atoms with E-state index in [1.54, 1.807) is 25.3 Å². The number of carbonyl (C=O) groups is 2. The molecule has 0 spiro atoms. The van der Waals surface area contributed by atoms with E-state index in [0.29, 0.717) is 78.3 Å². The molecule has 3 heterocycles. The van der Waals surface area contributed by atoms with Gasteiger partial charge in [-0.3, -0.25) is 19.7 Å². The quantitative estimate of drug-likeness (QED) is 0.183. The standard InChI is InChI=1S/C44H50Cl2FN5O3/c1-8-55-37-25-38(42(3,4)5)48-27-35(37)40-50-43(6,31-10-14-33(45)15-11-31)44(7,32-12-16-34(46)17-13-32)52(40)41(54)51-21-19-29(20-22-51)24-39(53)49-26-30-9-18-36(47)28(2)23-30/h9-18,23,25,27,29H,8,19-22,24,26H2,1-7H3,(H,49,53)/t43-,44+/m0/s1. The fraction of sp³-hybridized carbons (Fsp3) is 0.409. The number of pyridine rings is 1. The Kier molecular flexibility index (Phi) is 11.7. The van der Waals surface area contributed by atoms with Gasteiger partial charge in [0.2, 0.25) is 5.91 Å². The molecular formula is C44H50Cl2FN5O3. The average Bonchev–Trinajstić information content (AvgIpc) is 3.40. The van der Waals surface area contributed by atoms with Crippen LogP contribution in [0.15, 0.2) is 84.0 Å². The van der Waals surface area contributed by atoms with Gasteiger partial charge >= 0.3 is 6.03 Å². The fourth-order valence-corrected chi connectivity index (χ4v) is 7.93. The van der Waals surface area contributed by atoms with Crippen molar-refractivity contribution in [1.82, 2.24) is 20.1 Å². The zero-order valence-electron chi connectivity index (χ0n) is 32.7. The number of amidine groups is 1. The van der Waals surface area contributed by atoms with E-state index in [9.17, 15) is 9.18 Å². The number of likely N-dealkylation sites (tertiary alicyclic amines) is 1. The van der Waals surface area contributed by atoms with Crippen LogP contribution in [0.3, 0.4) is 0 Å². The van der Waals surface area contributed by atoms with Crippen LogP contribution < -0.4 is 10.1 Å². The fourth-order valence-electron chi connectivity index (χ4n) is 7.68. The highest BCUT2D eigenvalue weighted by Gasteiger charge is 2.60. The second kappa shape index (κ2) is 15.9. The van der Waals surface area contributed by atoms with Crippen molar-refractivity contribution in [3.8, 4) is 5.75 Å². The number of ether oxygens (including phenoxy) is 1. The largest absolute Gasteiger partial charge is 0.493 e. The molecule has 6 rings (SSSR count). The van der Waals surface area contributed by atoms with Gasteiger partial charge in [0.05, 0.1) is 12.2 Å². The highest BCUT2D eigenvalue weighted by atomic mass is 35.5. The van der Waals surface area contributed by atoms with Crippen molar-refractivity contribution >= 4 is 41.0 Å². The number of aryl methyl sites for hydroxylation is 1. The molecule has 0 aliphatic carbocycles. The average molecular weight is 787 g/mol. The Morgan fingerprint density at radius 2 is 1.56 bits per heavy atom.